The van der Waals surface area contributed by atoms with E-state index in [-0.39, 0.29) is 23.7 Å². The fraction of sp³-hybridized carbons (Fsp3) is 0.700. The monoisotopic (exact) mass is 344 g/mol. The fourth-order valence-electron chi connectivity index (χ4n) is 5.88. The second-order valence-corrected chi connectivity index (χ2v) is 8.68. The number of hydroxylamine groups is 1. The smallest absolute Gasteiger partial charge is 0.249 e. The predicted molar refractivity (Wildman–Crippen MR) is 93.9 cm³/mol. The molecule has 1 amide bonds. The normalized spacial score (nSPS) is 32.8. The molecule has 1 heterocycles. The molecule has 0 saturated heterocycles. The summed E-state index contributed by atoms with van der Waals surface area (Å²) in [6.07, 6.45) is 6.91. The molecular weight excluding hydrogens is 316 g/mol. The number of hydrogen-bond donors (Lipinski definition) is 1. The van der Waals surface area contributed by atoms with Crippen LogP contribution in [0.15, 0.2) is 6.07 Å². The number of amides is 1. The molecule has 136 valence electrons. The third-order valence-corrected chi connectivity index (χ3v) is 6.96. The zero-order valence-corrected chi connectivity index (χ0v) is 15.4. The summed E-state index contributed by atoms with van der Waals surface area (Å²) >= 11 is 0. The van der Waals surface area contributed by atoms with Gasteiger partial charge >= 0.3 is 0 Å². The third kappa shape index (κ3) is 2.82. The van der Waals surface area contributed by atoms with Crippen LogP contribution in [-0.4, -0.2) is 22.9 Å². The van der Waals surface area contributed by atoms with E-state index in [2.05, 4.69) is 5.48 Å². The van der Waals surface area contributed by atoms with Gasteiger partial charge in [0.05, 0.1) is 5.41 Å². The van der Waals surface area contributed by atoms with Gasteiger partial charge < -0.3 is 4.57 Å². The second-order valence-electron chi connectivity index (χ2n) is 8.68. The minimum atomic E-state index is -0.239. The van der Waals surface area contributed by atoms with Crippen LogP contribution >= 0.6 is 0 Å². The molecule has 4 fully saturated rings. The van der Waals surface area contributed by atoms with Gasteiger partial charge in [-0.15, -0.1) is 0 Å². The maximum atomic E-state index is 12.8. The standard InChI is InChI=1S/C20H28N2O3/c1-12-4-17(13(2)22(12)3)18(23)11-25-21-19(24)20-8-14-5-15(9-20)7-16(6-14)10-20/h4,14-16H,5-11H2,1-3H3,(H,21,24). The summed E-state index contributed by atoms with van der Waals surface area (Å²) < 4.78 is 1.99. The second kappa shape index (κ2) is 5.97. The first kappa shape index (κ1) is 16.8. The van der Waals surface area contributed by atoms with Gasteiger partial charge in [-0.2, -0.15) is 0 Å². The maximum absolute atomic E-state index is 12.8. The number of aromatic nitrogens is 1. The van der Waals surface area contributed by atoms with Crippen LogP contribution in [-0.2, 0) is 16.7 Å². The van der Waals surface area contributed by atoms with Crippen molar-refractivity contribution < 1.29 is 14.4 Å². The molecule has 4 aliphatic rings. The highest BCUT2D eigenvalue weighted by Crippen LogP contribution is 2.60. The van der Waals surface area contributed by atoms with Crippen molar-refractivity contribution in [2.45, 2.75) is 52.4 Å². The van der Waals surface area contributed by atoms with E-state index in [1.807, 2.05) is 31.5 Å². The van der Waals surface area contributed by atoms with E-state index in [0.717, 1.165) is 30.7 Å². The van der Waals surface area contributed by atoms with E-state index in [4.69, 9.17) is 4.84 Å². The Labute approximate surface area is 149 Å². The number of ketones is 1. The van der Waals surface area contributed by atoms with Crippen molar-refractivity contribution in [2.75, 3.05) is 6.61 Å². The van der Waals surface area contributed by atoms with Gasteiger partial charge in [0.1, 0.15) is 6.61 Å². The van der Waals surface area contributed by atoms with Crippen molar-refractivity contribution in [1.29, 1.82) is 0 Å². The van der Waals surface area contributed by atoms with Crippen molar-refractivity contribution in [2.24, 2.45) is 30.2 Å². The van der Waals surface area contributed by atoms with Crippen LogP contribution in [0, 0.1) is 37.0 Å². The molecular formula is C20H28N2O3. The minimum Gasteiger partial charge on any atom is -0.351 e. The SMILES string of the molecule is Cc1cc(C(=O)CONC(=O)C23CC4CC(CC(C4)C2)C3)c(C)n1C. The summed E-state index contributed by atoms with van der Waals surface area (Å²) in [6.45, 7) is 3.79. The van der Waals surface area contributed by atoms with E-state index in [9.17, 15) is 9.59 Å². The van der Waals surface area contributed by atoms with Gasteiger partial charge in [0.2, 0.25) is 5.91 Å². The molecule has 4 saturated carbocycles. The Bertz CT molecular complexity index is 683. The number of aryl methyl sites for hydroxylation is 1. The summed E-state index contributed by atoms with van der Waals surface area (Å²) in [7, 11) is 1.94. The van der Waals surface area contributed by atoms with E-state index in [0.29, 0.717) is 23.3 Å². The highest BCUT2D eigenvalue weighted by atomic mass is 16.7. The maximum Gasteiger partial charge on any atom is 0.249 e. The number of carbonyl (C=O) groups excluding carboxylic acids is 2. The lowest BCUT2D eigenvalue weighted by atomic mass is 9.49. The van der Waals surface area contributed by atoms with E-state index < -0.39 is 0 Å². The van der Waals surface area contributed by atoms with Gasteiger partial charge in [0.25, 0.3) is 0 Å². The van der Waals surface area contributed by atoms with Crippen molar-refractivity contribution >= 4 is 11.7 Å². The van der Waals surface area contributed by atoms with Crippen molar-refractivity contribution in [3.8, 4) is 0 Å². The Balaban J connectivity index is 1.35. The molecule has 0 aliphatic heterocycles. The molecule has 0 radical (unpaired) electrons. The molecule has 0 atom stereocenters. The lowest BCUT2D eigenvalue weighted by Crippen LogP contribution is -2.53. The topological polar surface area (TPSA) is 60.3 Å². The molecule has 0 unspecified atom stereocenters. The van der Waals surface area contributed by atoms with E-state index >= 15 is 0 Å². The lowest BCUT2D eigenvalue weighted by Gasteiger charge is -2.55. The molecule has 1 aromatic heterocycles. The highest BCUT2D eigenvalue weighted by molar-refractivity contribution is 5.98. The van der Waals surface area contributed by atoms with Gasteiger partial charge in [-0.25, -0.2) is 5.48 Å². The Kier molecular flexibility index (Phi) is 4.02. The van der Waals surface area contributed by atoms with Crippen LogP contribution in [0.3, 0.4) is 0 Å². The van der Waals surface area contributed by atoms with Gasteiger partial charge in [0.15, 0.2) is 5.78 Å². The summed E-state index contributed by atoms with van der Waals surface area (Å²) in [5.41, 5.74) is 5.02. The van der Waals surface area contributed by atoms with Crippen LogP contribution in [0.2, 0.25) is 0 Å². The zero-order valence-electron chi connectivity index (χ0n) is 15.4. The Morgan fingerprint density at radius 2 is 1.72 bits per heavy atom. The van der Waals surface area contributed by atoms with Crippen molar-refractivity contribution in [3.63, 3.8) is 0 Å². The van der Waals surface area contributed by atoms with Crippen LogP contribution in [0.1, 0.15) is 60.3 Å². The first-order valence-corrected chi connectivity index (χ1v) is 9.46. The highest BCUT2D eigenvalue weighted by Gasteiger charge is 2.54. The van der Waals surface area contributed by atoms with Crippen LogP contribution in [0.25, 0.3) is 0 Å². The number of nitrogens with zero attached hydrogens (tertiary/aromatic N) is 1. The van der Waals surface area contributed by atoms with Gasteiger partial charge in [-0.05, 0) is 76.2 Å². The molecule has 1 N–H and O–H groups in total. The number of Topliss-reactive ketones (excluding diaryl/α,β-unsaturated/α-hetero) is 1. The zero-order chi connectivity index (χ0) is 17.8. The first-order valence-electron chi connectivity index (χ1n) is 9.46. The van der Waals surface area contributed by atoms with Crippen LogP contribution < -0.4 is 5.48 Å². The van der Waals surface area contributed by atoms with E-state index in [1.165, 1.54) is 19.3 Å². The largest absolute Gasteiger partial charge is 0.351 e. The molecule has 5 heteroatoms. The minimum absolute atomic E-state index is 0.000337. The summed E-state index contributed by atoms with van der Waals surface area (Å²) in [6, 6.07) is 1.88. The number of nitrogens with one attached hydrogen (secondary N) is 1. The van der Waals surface area contributed by atoms with Gasteiger partial charge in [-0.3, -0.25) is 14.4 Å². The quantitative estimate of drug-likeness (QED) is 0.659. The van der Waals surface area contributed by atoms with Crippen molar-refractivity contribution in [3.05, 3.63) is 23.0 Å². The first-order chi connectivity index (χ1) is 11.9. The summed E-state index contributed by atoms with van der Waals surface area (Å²) in [5.74, 6) is 2.06. The van der Waals surface area contributed by atoms with Gasteiger partial charge in [-0.1, -0.05) is 0 Å². The van der Waals surface area contributed by atoms with Gasteiger partial charge in [0, 0.05) is 24.0 Å². The number of rotatable bonds is 5. The molecule has 5 nitrogen and oxygen atoms in total. The molecule has 4 aliphatic carbocycles. The molecule has 1 aromatic rings. The molecule has 4 bridgehead atoms. The Hall–Kier alpha value is -1.62. The fourth-order valence-corrected chi connectivity index (χ4v) is 5.88. The average molecular weight is 344 g/mol. The van der Waals surface area contributed by atoms with Crippen LogP contribution in [0.5, 0.6) is 0 Å². The molecule has 0 spiro atoms. The Morgan fingerprint density at radius 3 is 2.20 bits per heavy atom. The summed E-state index contributed by atoms with van der Waals surface area (Å²) in [5, 5.41) is 0. The average Bonchev–Trinajstić information content (AvgIpc) is 2.81. The number of hydrogen-bond acceptors (Lipinski definition) is 3. The van der Waals surface area contributed by atoms with Crippen molar-refractivity contribution in [1.82, 2.24) is 10.0 Å². The predicted octanol–water partition coefficient (Wildman–Crippen LogP) is 3.09. The van der Waals surface area contributed by atoms with E-state index in [1.54, 1.807) is 0 Å². The summed E-state index contributed by atoms with van der Waals surface area (Å²) in [4.78, 5) is 30.5. The third-order valence-electron chi connectivity index (χ3n) is 6.96. The van der Waals surface area contributed by atoms with Crippen LogP contribution in [0.4, 0.5) is 0 Å². The molecule has 5 rings (SSSR count). The molecule has 0 aromatic carbocycles. The molecule has 25 heavy (non-hydrogen) atoms. The number of carbonyl (C=O) groups is 2. The Morgan fingerprint density at radius 1 is 1.16 bits per heavy atom. The lowest BCUT2D eigenvalue weighted by molar-refractivity contribution is -0.158.